The minimum Gasteiger partial charge on any atom is -0.376 e. The van der Waals surface area contributed by atoms with Crippen LogP contribution in [0.15, 0.2) is 30.3 Å². The smallest absolute Gasteiger partial charge is 0.164 e. The molecule has 0 N–H and O–H groups in total. The second-order valence-corrected chi connectivity index (χ2v) is 6.49. The normalized spacial score (nSPS) is 28.8. The molecule has 4 nitrogen and oxygen atoms in total. The van der Waals surface area contributed by atoms with Crippen LogP contribution in [0.1, 0.15) is 33.3 Å². The lowest BCUT2D eigenvalue weighted by Crippen LogP contribution is -2.52. The van der Waals surface area contributed by atoms with Gasteiger partial charge in [-0.3, -0.25) is 0 Å². The zero-order valence-electron chi connectivity index (χ0n) is 13.8. The molecule has 1 aliphatic heterocycles. The van der Waals surface area contributed by atoms with E-state index in [2.05, 4.69) is 13.0 Å². The Morgan fingerprint density at radius 2 is 1.95 bits per heavy atom. The van der Waals surface area contributed by atoms with Crippen LogP contribution in [0, 0.1) is 23.2 Å². The Bertz CT molecular complexity index is 509. The first-order valence-corrected chi connectivity index (χ1v) is 7.80. The molecule has 1 aliphatic rings. The van der Waals surface area contributed by atoms with Gasteiger partial charge in [-0.1, -0.05) is 44.2 Å². The van der Waals surface area contributed by atoms with Gasteiger partial charge in [0.2, 0.25) is 0 Å². The van der Waals surface area contributed by atoms with Gasteiger partial charge in [-0.2, -0.15) is 5.26 Å². The van der Waals surface area contributed by atoms with Crippen LogP contribution in [0.5, 0.6) is 0 Å². The third-order valence-electron chi connectivity index (χ3n) is 4.01. The number of hydrogen-bond acceptors (Lipinski definition) is 4. The van der Waals surface area contributed by atoms with Crippen LogP contribution in [0.3, 0.4) is 0 Å². The quantitative estimate of drug-likeness (QED) is 0.835. The van der Waals surface area contributed by atoms with E-state index in [1.165, 1.54) is 0 Å². The molecule has 1 saturated heterocycles. The summed E-state index contributed by atoms with van der Waals surface area (Å²) in [5.74, 6) is -0.517. The van der Waals surface area contributed by atoms with Crippen molar-refractivity contribution in [2.45, 2.75) is 52.3 Å². The van der Waals surface area contributed by atoms with Gasteiger partial charge >= 0.3 is 0 Å². The van der Waals surface area contributed by atoms with E-state index in [9.17, 15) is 5.26 Å². The summed E-state index contributed by atoms with van der Waals surface area (Å²) in [7, 11) is 0. The largest absolute Gasteiger partial charge is 0.376 e. The zero-order chi connectivity index (χ0) is 16.2. The number of nitriles is 1. The summed E-state index contributed by atoms with van der Waals surface area (Å²) in [6.45, 7) is 9.00. The van der Waals surface area contributed by atoms with Gasteiger partial charge < -0.3 is 14.2 Å². The van der Waals surface area contributed by atoms with Crippen LogP contribution < -0.4 is 0 Å². The fourth-order valence-corrected chi connectivity index (χ4v) is 2.86. The van der Waals surface area contributed by atoms with E-state index < -0.39 is 11.9 Å². The molecule has 120 valence electrons. The average Bonchev–Trinajstić information content (AvgIpc) is 2.50. The second kappa shape index (κ2) is 7.23. The van der Waals surface area contributed by atoms with Crippen molar-refractivity contribution in [3.05, 3.63) is 35.9 Å². The van der Waals surface area contributed by atoms with E-state index in [4.69, 9.17) is 14.2 Å². The SMILES string of the molecule is C[C@H]1[C@@H]([C@@H](C)COCc2ccccc2)OC(C)(C)O[C@@H]1C#N. The molecule has 0 aromatic heterocycles. The van der Waals surface area contributed by atoms with Gasteiger partial charge in [0.15, 0.2) is 11.9 Å². The molecule has 0 bridgehead atoms. The molecule has 1 aromatic rings. The van der Waals surface area contributed by atoms with Crippen molar-refractivity contribution in [2.24, 2.45) is 11.8 Å². The molecule has 4 heteroatoms. The van der Waals surface area contributed by atoms with E-state index in [0.717, 1.165) is 5.56 Å². The van der Waals surface area contributed by atoms with Crippen molar-refractivity contribution < 1.29 is 14.2 Å². The molecule has 0 saturated carbocycles. The van der Waals surface area contributed by atoms with Gasteiger partial charge in [0.05, 0.1) is 25.4 Å². The highest BCUT2D eigenvalue weighted by Crippen LogP contribution is 2.34. The first kappa shape index (κ1) is 17.0. The predicted octanol–water partition coefficient (Wildman–Crippen LogP) is 3.52. The molecule has 0 unspecified atom stereocenters. The minimum atomic E-state index is -0.731. The molecule has 2 rings (SSSR count). The van der Waals surface area contributed by atoms with Crippen molar-refractivity contribution in [3.63, 3.8) is 0 Å². The van der Waals surface area contributed by atoms with Crippen molar-refractivity contribution in [1.29, 1.82) is 5.26 Å². The molecular formula is C18H25NO3. The van der Waals surface area contributed by atoms with Crippen molar-refractivity contribution in [1.82, 2.24) is 0 Å². The highest BCUT2D eigenvalue weighted by atomic mass is 16.7. The van der Waals surface area contributed by atoms with Gasteiger partial charge in [0.1, 0.15) is 0 Å². The van der Waals surface area contributed by atoms with E-state index in [-0.39, 0.29) is 17.9 Å². The van der Waals surface area contributed by atoms with Gasteiger partial charge in [0.25, 0.3) is 0 Å². The van der Waals surface area contributed by atoms with E-state index in [1.807, 2.05) is 51.1 Å². The maximum atomic E-state index is 9.26. The number of rotatable bonds is 5. The maximum Gasteiger partial charge on any atom is 0.164 e. The van der Waals surface area contributed by atoms with Gasteiger partial charge in [-0.05, 0) is 19.4 Å². The molecule has 1 fully saturated rings. The molecule has 4 atom stereocenters. The third kappa shape index (κ3) is 4.30. The first-order chi connectivity index (χ1) is 10.4. The standard InChI is InChI=1S/C18H25NO3/c1-13(11-20-12-15-8-6-5-7-9-15)17-14(2)16(10-19)21-18(3,4)22-17/h5-9,13-14,16-17H,11-12H2,1-4H3/t13-,14+,16+,17+/m0/s1. The fraction of sp³-hybridized carbons (Fsp3) is 0.611. The summed E-state index contributed by atoms with van der Waals surface area (Å²) >= 11 is 0. The van der Waals surface area contributed by atoms with Crippen molar-refractivity contribution in [2.75, 3.05) is 6.61 Å². The second-order valence-electron chi connectivity index (χ2n) is 6.49. The van der Waals surface area contributed by atoms with E-state index >= 15 is 0 Å². The molecule has 0 spiro atoms. The predicted molar refractivity (Wildman–Crippen MR) is 83.9 cm³/mol. The van der Waals surface area contributed by atoms with E-state index in [0.29, 0.717) is 13.2 Å². The van der Waals surface area contributed by atoms with Crippen LogP contribution in [0.2, 0.25) is 0 Å². The first-order valence-electron chi connectivity index (χ1n) is 7.80. The van der Waals surface area contributed by atoms with Crippen LogP contribution in [-0.4, -0.2) is 24.6 Å². The lowest BCUT2D eigenvalue weighted by molar-refractivity contribution is -0.317. The number of ether oxygens (including phenoxy) is 3. The Morgan fingerprint density at radius 1 is 1.27 bits per heavy atom. The lowest BCUT2D eigenvalue weighted by Gasteiger charge is -2.44. The Balaban J connectivity index is 1.90. The highest BCUT2D eigenvalue weighted by molar-refractivity contribution is 5.13. The summed E-state index contributed by atoms with van der Waals surface area (Å²) in [6, 6.07) is 12.3. The number of nitrogens with zero attached hydrogens (tertiary/aromatic N) is 1. The lowest BCUT2D eigenvalue weighted by atomic mass is 9.88. The summed E-state index contributed by atoms with van der Waals surface area (Å²) in [6.07, 6.45) is -0.491. The van der Waals surface area contributed by atoms with Crippen LogP contribution in [-0.2, 0) is 20.8 Å². The summed E-state index contributed by atoms with van der Waals surface area (Å²) in [4.78, 5) is 0. The Morgan fingerprint density at radius 3 is 2.59 bits per heavy atom. The highest BCUT2D eigenvalue weighted by Gasteiger charge is 2.43. The summed E-state index contributed by atoms with van der Waals surface area (Å²) < 4.78 is 17.5. The Labute approximate surface area is 133 Å². The minimum absolute atomic E-state index is 0.0216. The monoisotopic (exact) mass is 303 g/mol. The number of benzene rings is 1. The number of hydrogen-bond donors (Lipinski definition) is 0. The van der Waals surface area contributed by atoms with Crippen LogP contribution in [0.25, 0.3) is 0 Å². The van der Waals surface area contributed by atoms with Gasteiger partial charge in [0, 0.05) is 11.8 Å². The van der Waals surface area contributed by atoms with Gasteiger partial charge in [-0.15, -0.1) is 0 Å². The van der Waals surface area contributed by atoms with Crippen molar-refractivity contribution >= 4 is 0 Å². The topological polar surface area (TPSA) is 51.5 Å². The molecule has 1 aromatic carbocycles. The van der Waals surface area contributed by atoms with E-state index in [1.54, 1.807) is 0 Å². The van der Waals surface area contributed by atoms with Crippen LogP contribution in [0.4, 0.5) is 0 Å². The van der Waals surface area contributed by atoms with Crippen molar-refractivity contribution in [3.8, 4) is 6.07 Å². The fourth-order valence-electron chi connectivity index (χ4n) is 2.86. The summed E-state index contributed by atoms with van der Waals surface area (Å²) in [5.41, 5.74) is 1.16. The third-order valence-corrected chi connectivity index (χ3v) is 4.01. The van der Waals surface area contributed by atoms with Crippen LogP contribution >= 0.6 is 0 Å². The maximum absolute atomic E-state index is 9.26. The molecule has 22 heavy (non-hydrogen) atoms. The molecule has 1 heterocycles. The van der Waals surface area contributed by atoms with Gasteiger partial charge in [-0.25, -0.2) is 0 Å². The molecule has 0 amide bonds. The molecule has 0 radical (unpaired) electrons. The zero-order valence-corrected chi connectivity index (χ0v) is 13.8. The molecule has 0 aliphatic carbocycles. The average molecular weight is 303 g/mol. The summed E-state index contributed by atoms with van der Waals surface area (Å²) in [5, 5.41) is 9.26. The Kier molecular flexibility index (Phi) is 5.57. The molecular weight excluding hydrogens is 278 g/mol. The Hall–Kier alpha value is -1.41.